The average Bonchev–Trinajstić information content (AvgIpc) is 3.45. The maximum Gasteiger partial charge on any atom is 0.266 e. The van der Waals surface area contributed by atoms with E-state index in [0.717, 1.165) is 22.6 Å². The topological polar surface area (TPSA) is 89.2 Å². The molecule has 0 aliphatic heterocycles. The number of nitrogens with zero attached hydrogens (tertiary/aromatic N) is 3. The van der Waals surface area contributed by atoms with Crippen LogP contribution in [-0.4, -0.2) is 22.3 Å². The Balaban J connectivity index is 1.41. The summed E-state index contributed by atoms with van der Waals surface area (Å²) in [6.45, 7) is 4.98. The summed E-state index contributed by atoms with van der Waals surface area (Å²) in [5.74, 6) is 0.919. The van der Waals surface area contributed by atoms with Crippen LogP contribution >= 0.6 is 0 Å². The average molecular weight is 555 g/mol. The van der Waals surface area contributed by atoms with E-state index in [0.29, 0.717) is 35.9 Å². The number of hydrogen-bond donors (Lipinski definition) is 1. The number of ether oxygens (including phenoxy) is 2. The second-order valence-corrected chi connectivity index (χ2v) is 9.59. The summed E-state index contributed by atoms with van der Waals surface area (Å²) in [4.78, 5) is 13.1. The number of carbonyl (C=O) groups is 1. The first-order valence-corrected chi connectivity index (χ1v) is 13.6. The van der Waals surface area contributed by atoms with Gasteiger partial charge in [-0.2, -0.15) is 10.4 Å². The molecular formula is C35H30N4O3. The number of nitrogens with one attached hydrogen (secondary N) is 1. The molecule has 1 N–H and O–H groups in total. The van der Waals surface area contributed by atoms with Crippen LogP contribution in [0.5, 0.6) is 11.5 Å². The van der Waals surface area contributed by atoms with E-state index in [2.05, 4.69) is 36.5 Å². The standard InChI is InChI=1S/C35H30N4O3/c1-3-41-32-19-15-30(16-20-32)37-35(40)28(22-36)21-29-23-39(31-7-5-4-6-8-31)38-34(29)27-13-17-33(18-14-27)42-24-26-11-9-25(2)10-12-26/h4-21,23H,3,24H2,1-2H3,(H,37,40)/b28-21-. The summed E-state index contributed by atoms with van der Waals surface area (Å²) in [6, 6.07) is 34.6. The Hall–Kier alpha value is -5.61. The zero-order valence-electron chi connectivity index (χ0n) is 23.5. The molecule has 0 fully saturated rings. The Morgan fingerprint density at radius 3 is 2.24 bits per heavy atom. The van der Waals surface area contributed by atoms with Crippen LogP contribution in [0.4, 0.5) is 5.69 Å². The van der Waals surface area contributed by atoms with Crippen molar-refractivity contribution in [2.24, 2.45) is 0 Å². The number of amides is 1. The molecule has 5 rings (SSSR count). The predicted molar refractivity (Wildman–Crippen MR) is 164 cm³/mol. The summed E-state index contributed by atoms with van der Waals surface area (Å²) in [7, 11) is 0. The molecule has 0 aliphatic rings. The molecule has 4 aromatic carbocycles. The number of aryl methyl sites for hydroxylation is 1. The van der Waals surface area contributed by atoms with Gasteiger partial charge < -0.3 is 14.8 Å². The van der Waals surface area contributed by atoms with Crippen LogP contribution in [0.2, 0.25) is 0 Å². The van der Waals surface area contributed by atoms with E-state index in [1.54, 1.807) is 35.0 Å². The summed E-state index contributed by atoms with van der Waals surface area (Å²) in [5, 5.41) is 17.5. The lowest BCUT2D eigenvalue weighted by Crippen LogP contribution is -2.13. The molecule has 1 amide bonds. The number of para-hydroxylation sites is 1. The Morgan fingerprint density at radius 2 is 1.57 bits per heavy atom. The number of hydrogen-bond acceptors (Lipinski definition) is 5. The molecule has 0 radical (unpaired) electrons. The molecule has 1 heterocycles. The first-order valence-electron chi connectivity index (χ1n) is 13.6. The zero-order chi connectivity index (χ0) is 29.3. The smallest absolute Gasteiger partial charge is 0.266 e. The van der Waals surface area contributed by atoms with E-state index in [4.69, 9.17) is 14.6 Å². The fourth-order valence-electron chi connectivity index (χ4n) is 4.29. The summed E-state index contributed by atoms with van der Waals surface area (Å²) in [6.07, 6.45) is 3.38. The van der Waals surface area contributed by atoms with Crippen molar-refractivity contribution < 1.29 is 14.3 Å². The van der Waals surface area contributed by atoms with E-state index in [-0.39, 0.29) is 5.57 Å². The van der Waals surface area contributed by atoms with Gasteiger partial charge in [0, 0.05) is 23.0 Å². The van der Waals surface area contributed by atoms with Crippen molar-refractivity contribution in [3.8, 4) is 34.5 Å². The molecule has 0 aliphatic carbocycles. The van der Waals surface area contributed by atoms with Crippen molar-refractivity contribution >= 4 is 17.7 Å². The van der Waals surface area contributed by atoms with Gasteiger partial charge in [-0.15, -0.1) is 0 Å². The Bertz CT molecular complexity index is 1720. The largest absolute Gasteiger partial charge is 0.494 e. The van der Waals surface area contributed by atoms with Gasteiger partial charge in [0.2, 0.25) is 0 Å². The summed E-state index contributed by atoms with van der Waals surface area (Å²) in [5.41, 5.74) is 5.75. The van der Waals surface area contributed by atoms with Crippen LogP contribution in [-0.2, 0) is 11.4 Å². The minimum atomic E-state index is -0.514. The van der Waals surface area contributed by atoms with Crippen molar-refractivity contribution in [3.63, 3.8) is 0 Å². The molecule has 0 saturated carbocycles. The fraction of sp³-hybridized carbons (Fsp3) is 0.114. The van der Waals surface area contributed by atoms with Gasteiger partial charge >= 0.3 is 0 Å². The predicted octanol–water partition coefficient (Wildman–Crippen LogP) is 7.37. The maximum absolute atomic E-state index is 13.1. The lowest BCUT2D eigenvalue weighted by atomic mass is 10.1. The maximum atomic E-state index is 13.1. The van der Waals surface area contributed by atoms with Crippen LogP contribution in [0.1, 0.15) is 23.6 Å². The lowest BCUT2D eigenvalue weighted by Gasteiger charge is -2.08. The van der Waals surface area contributed by atoms with Gasteiger partial charge in [0.15, 0.2) is 0 Å². The highest BCUT2D eigenvalue weighted by molar-refractivity contribution is 6.10. The van der Waals surface area contributed by atoms with E-state index < -0.39 is 5.91 Å². The number of rotatable bonds is 10. The van der Waals surface area contributed by atoms with Crippen molar-refractivity contribution in [1.29, 1.82) is 5.26 Å². The van der Waals surface area contributed by atoms with Gasteiger partial charge in [0.05, 0.1) is 18.0 Å². The number of aromatic nitrogens is 2. The number of carbonyl (C=O) groups excluding carboxylic acids is 1. The van der Waals surface area contributed by atoms with Crippen LogP contribution in [0, 0.1) is 18.3 Å². The molecule has 0 spiro atoms. The minimum absolute atomic E-state index is 0.0456. The molecule has 7 nitrogen and oxygen atoms in total. The van der Waals surface area contributed by atoms with E-state index in [9.17, 15) is 10.1 Å². The Labute approximate surface area is 245 Å². The third kappa shape index (κ3) is 6.93. The van der Waals surface area contributed by atoms with Gasteiger partial charge in [-0.1, -0.05) is 48.0 Å². The molecular weight excluding hydrogens is 524 g/mol. The third-order valence-corrected chi connectivity index (χ3v) is 6.51. The minimum Gasteiger partial charge on any atom is -0.494 e. The molecule has 42 heavy (non-hydrogen) atoms. The van der Waals surface area contributed by atoms with Crippen LogP contribution in [0.15, 0.2) is 115 Å². The molecule has 5 aromatic rings. The molecule has 208 valence electrons. The zero-order valence-corrected chi connectivity index (χ0v) is 23.5. The summed E-state index contributed by atoms with van der Waals surface area (Å²) >= 11 is 0. The quantitative estimate of drug-likeness (QED) is 0.144. The van der Waals surface area contributed by atoms with Crippen molar-refractivity contribution in [1.82, 2.24) is 9.78 Å². The van der Waals surface area contributed by atoms with Crippen molar-refractivity contribution in [3.05, 3.63) is 132 Å². The third-order valence-electron chi connectivity index (χ3n) is 6.51. The first-order chi connectivity index (χ1) is 20.5. The molecule has 7 heteroatoms. The second-order valence-electron chi connectivity index (χ2n) is 9.59. The van der Waals surface area contributed by atoms with E-state index in [1.165, 1.54) is 5.56 Å². The Morgan fingerprint density at radius 1 is 0.905 bits per heavy atom. The highest BCUT2D eigenvalue weighted by Gasteiger charge is 2.16. The van der Waals surface area contributed by atoms with Crippen LogP contribution < -0.4 is 14.8 Å². The SMILES string of the molecule is CCOc1ccc(NC(=O)/C(C#N)=C\c2cn(-c3ccccc3)nc2-c2ccc(OCc3ccc(C)cc3)cc2)cc1. The van der Waals surface area contributed by atoms with E-state index >= 15 is 0 Å². The van der Waals surface area contributed by atoms with Gasteiger partial charge in [0.25, 0.3) is 5.91 Å². The highest BCUT2D eigenvalue weighted by Crippen LogP contribution is 2.28. The lowest BCUT2D eigenvalue weighted by molar-refractivity contribution is -0.112. The van der Waals surface area contributed by atoms with E-state index in [1.807, 2.05) is 73.8 Å². The molecule has 1 aromatic heterocycles. The van der Waals surface area contributed by atoms with Crippen molar-refractivity contribution in [2.75, 3.05) is 11.9 Å². The number of anilines is 1. The van der Waals surface area contributed by atoms with Gasteiger partial charge in [-0.25, -0.2) is 4.68 Å². The van der Waals surface area contributed by atoms with Gasteiger partial charge in [-0.05, 0) is 86.2 Å². The monoisotopic (exact) mass is 554 g/mol. The number of nitriles is 1. The molecule has 0 unspecified atom stereocenters. The van der Waals surface area contributed by atoms with Gasteiger partial charge in [0.1, 0.15) is 29.7 Å². The number of benzene rings is 4. The Kier molecular flexibility index (Phi) is 8.76. The molecule has 0 atom stereocenters. The summed E-state index contributed by atoms with van der Waals surface area (Å²) < 4.78 is 13.2. The molecule has 0 saturated heterocycles. The van der Waals surface area contributed by atoms with Crippen LogP contribution in [0.25, 0.3) is 23.0 Å². The van der Waals surface area contributed by atoms with Crippen molar-refractivity contribution in [2.45, 2.75) is 20.5 Å². The second kappa shape index (κ2) is 13.2. The normalized spacial score (nSPS) is 11.0. The fourth-order valence-corrected chi connectivity index (χ4v) is 4.29. The van der Waals surface area contributed by atoms with Crippen LogP contribution in [0.3, 0.4) is 0 Å². The first kappa shape index (κ1) is 27.9. The highest BCUT2D eigenvalue weighted by atomic mass is 16.5. The molecule has 0 bridgehead atoms. The van der Waals surface area contributed by atoms with Gasteiger partial charge in [-0.3, -0.25) is 4.79 Å².